The van der Waals surface area contributed by atoms with Gasteiger partial charge in [0.1, 0.15) is 11.9 Å². The highest BCUT2D eigenvalue weighted by Gasteiger charge is 2.21. The number of likely N-dealkylation sites (N-methyl/N-ethyl adjacent to an activating group) is 2. The normalized spacial score (nSPS) is 10.2. The summed E-state index contributed by atoms with van der Waals surface area (Å²) in [6.45, 7) is 4.87. The third-order valence-electron chi connectivity index (χ3n) is 3.60. The van der Waals surface area contributed by atoms with E-state index >= 15 is 0 Å². The maximum atomic E-state index is 12.2. The highest BCUT2D eigenvalue weighted by molar-refractivity contribution is 5.81. The number of aromatic nitrogens is 2. The van der Waals surface area contributed by atoms with E-state index in [9.17, 15) is 19.6 Å². The van der Waals surface area contributed by atoms with Gasteiger partial charge in [0.25, 0.3) is 5.56 Å². The number of hydrogen-bond acceptors (Lipinski definition) is 5. The lowest BCUT2D eigenvalue weighted by Crippen LogP contribution is -2.44. The van der Waals surface area contributed by atoms with Gasteiger partial charge in [-0.15, -0.1) is 0 Å². The molecule has 8 heteroatoms. The summed E-state index contributed by atoms with van der Waals surface area (Å²) in [6.07, 6.45) is 0. The lowest BCUT2D eigenvalue weighted by atomic mass is 10.3. The Bertz CT molecular complexity index is 722. The predicted octanol–water partition coefficient (Wildman–Crippen LogP) is -0.740. The van der Waals surface area contributed by atoms with Crippen molar-refractivity contribution in [2.75, 3.05) is 31.6 Å². The van der Waals surface area contributed by atoms with Crippen LogP contribution >= 0.6 is 0 Å². The molecule has 1 aromatic rings. The Hall–Kier alpha value is -2.56. The van der Waals surface area contributed by atoms with Crippen molar-refractivity contribution in [3.05, 3.63) is 26.4 Å². The molecule has 0 spiro atoms. The van der Waals surface area contributed by atoms with E-state index in [-0.39, 0.29) is 23.8 Å². The van der Waals surface area contributed by atoms with E-state index in [1.165, 1.54) is 23.6 Å². The van der Waals surface area contributed by atoms with E-state index in [0.717, 1.165) is 4.57 Å². The van der Waals surface area contributed by atoms with Gasteiger partial charge < -0.3 is 9.80 Å². The second-order valence-electron chi connectivity index (χ2n) is 4.94. The Kier molecular flexibility index (Phi) is 5.51. The lowest BCUT2D eigenvalue weighted by molar-refractivity contribution is -0.129. The molecule has 0 aliphatic rings. The summed E-state index contributed by atoms with van der Waals surface area (Å²) < 4.78 is 2.08. The second-order valence-corrected chi connectivity index (χ2v) is 4.94. The van der Waals surface area contributed by atoms with Crippen molar-refractivity contribution in [1.82, 2.24) is 14.0 Å². The first-order chi connectivity index (χ1) is 10.3. The van der Waals surface area contributed by atoms with Crippen LogP contribution in [-0.4, -0.2) is 46.6 Å². The van der Waals surface area contributed by atoms with Gasteiger partial charge in [0.05, 0.1) is 6.54 Å². The molecule has 120 valence electrons. The summed E-state index contributed by atoms with van der Waals surface area (Å²) in [6, 6.07) is 1.82. The van der Waals surface area contributed by atoms with Gasteiger partial charge in [-0.3, -0.25) is 18.7 Å². The molecular weight excluding hydrogens is 286 g/mol. The summed E-state index contributed by atoms with van der Waals surface area (Å²) >= 11 is 0. The van der Waals surface area contributed by atoms with Gasteiger partial charge in [-0.05, 0) is 13.8 Å². The van der Waals surface area contributed by atoms with Crippen molar-refractivity contribution in [3.8, 4) is 6.07 Å². The summed E-state index contributed by atoms with van der Waals surface area (Å²) in [5.41, 5.74) is -1.36. The molecule has 0 saturated heterocycles. The molecule has 0 fully saturated rings. The number of rotatable bonds is 5. The fraction of sp³-hybridized carbons (Fsp3) is 0.571. The third-order valence-corrected chi connectivity index (χ3v) is 3.60. The summed E-state index contributed by atoms with van der Waals surface area (Å²) in [7, 11) is 4.36. The van der Waals surface area contributed by atoms with E-state index < -0.39 is 11.2 Å². The highest BCUT2D eigenvalue weighted by atomic mass is 16.2. The number of amides is 1. The number of carbonyl (C=O) groups is 1. The van der Waals surface area contributed by atoms with Crippen LogP contribution in [0.2, 0.25) is 0 Å². The number of carbonyl (C=O) groups excluding carboxylic acids is 1. The molecule has 1 aromatic heterocycles. The minimum atomic E-state index is -0.664. The zero-order chi connectivity index (χ0) is 17.0. The molecule has 0 radical (unpaired) electrons. The van der Waals surface area contributed by atoms with Gasteiger partial charge >= 0.3 is 5.69 Å². The zero-order valence-corrected chi connectivity index (χ0v) is 13.6. The average Bonchev–Trinajstić information content (AvgIpc) is 2.49. The van der Waals surface area contributed by atoms with E-state index in [2.05, 4.69) is 0 Å². The molecule has 22 heavy (non-hydrogen) atoms. The number of anilines is 1. The molecule has 1 rings (SSSR count). The first-order valence-corrected chi connectivity index (χ1v) is 6.99. The number of nitrogens with zero attached hydrogens (tertiary/aromatic N) is 5. The Labute approximate surface area is 128 Å². The maximum absolute atomic E-state index is 12.2. The third kappa shape index (κ3) is 3.03. The quantitative estimate of drug-likeness (QED) is 0.714. The number of hydrogen-bond donors (Lipinski definition) is 0. The van der Waals surface area contributed by atoms with Crippen molar-refractivity contribution in [2.45, 2.75) is 13.8 Å². The van der Waals surface area contributed by atoms with Crippen LogP contribution in [0.3, 0.4) is 0 Å². The Morgan fingerprint density at radius 2 is 1.73 bits per heavy atom. The molecule has 0 atom stereocenters. The van der Waals surface area contributed by atoms with Crippen molar-refractivity contribution in [2.24, 2.45) is 14.1 Å². The first-order valence-electron chi connectivity index (χ1n) is 6.99. The first kappa shape index (κ1) is 17.5. The minimum Gasteiger partial charge on any atom is -0.350 e. The minimum absolute atomic E-state index is 0.0171. The predicted molar refractivity (Wildman–Crippen MR) is 82.8 cm³/mol. The van der Waals surface area contributed by atoms with Crippen LogP contribution in [0, 0.1) is 11.3 Å². The summed E-state index contributed by atoms with van der Waals surface area (Å²) in [5, 5.41) is 9.22. The second kappa shape index (κ2) is 6.93. The molecule has 0 aliphatic carbocycles. The Morgan fingerprint density at radius 1 is 1.18 bits per heavy atom. The SMILES string of the molecule is CCN(CC)C(=O)CN(C)c1c(C#N)c(=O)n(C)c(=O)n1C. The van der Waals surface area contributed by atoms with Crippen molar-refractivity contribution < 1.29 is 4.79 Å². The van der Waals surface area contributed by atoms with E-state index in [0.29, 0.717) is 13.1 Å². The Morgan fingerprint density at radius 3 is 2.18 bits per heavy atom. The van der Waals surface area contributed by atoms with Gasteiger partial charge in [0.2, 0.25) is 5.91 Å². The Balaban J connectivity index is 3.33. The zero-order valence-electron chi connectivity index (χ0n) is 13.6. The van der Waals surface area contributed by atoms with Gasteiger partial charge in [0, 0.05) is 34.2 Å². The van der Waals surface area contributed by atoms with Crippen molar-refractivity contribution in [3.63, 3.8) is 0 Å². The summed E-state index contributed by atoms with van der Waals surface area (Å²) in [4.78, 5) is 39.3. The smallest absolute Gasteiger partial charge is 0.332 e. The maximum Gasteiger partial charge on any atom is 0.332 e. The average molecular weight is 307 g/mol. The molecule has 8 nitrogen and oxygen atoms in total. The molecular formula is C14H21N5O3. The van der Waals surface area contributed by atoms with Crippen LogP contribution < -0.4 is 16.1 Å². The molecule has 0 unspecified atom stereocenters. The van der Waals surface area contributed by atoms with Crippen molar-refractivity contribution in [1.29, 1.82) is 5.26 Å². The molecule has 1 heterocycles. The van der Waals surface area contributed by atoms with Crippen LogP contribution in [0.4, 0.5) is 5.82 Å². The standard InChI is InChI=1S/C14H21N5O3/c1-6-19(7-2)11(20)9-16(3)12-10(8-15)13(21)18(5)14(22)17(12)4/h6-7,9H2,1-5H3. The van der Waals surface area contributed by atoms with Crippen LogP contribution in [0.1, 0.15) is 19.4 Å². The van der Waals surface area contributed by atoms with Gasteiger partial charge in [-0.1, -0.05) is 0 Å². The molecule has 0 saturated carbocycles. The van der Waals surface area contributed by atoms with Gasteiger partial charge in [-0.25, -0.2) is 4.79 Å². The van der Waals surface area contributed by atoms with Crippen LogP contribution in [0.15, 0.2) is 9.59 Å². The van der Waals surface area contributed by atoms with Crippen molar-refractivity contribution >= 4 is 11.7 Å². The molecule has 0 N–H and O–H groups in total. The monoisotopic (exact) mass is 307 g/mol. The molecule has 0 aliphatic heterocycles. The highest BCUT2D eigenvalue weighted by Crippen LogP contribution is 2.12. The fourth-order valence-corrected chi connectivity index (χ4v) is 2.33. The van der Waals surface area contributed by atoms with Crippen LogP contribution in [-0.2, 0) is 18.9 Å². The molecule has 0 bridgehead atoms. The van der Waals surface area contributed by atoms with E-state index in [1.54, 1.807) is 11.9 Å². The van der Waals surface area contributed by atoms with Gasteiger partial charge in [-0.2, -0.15) is 5.26 Å². The largest absolute Gasteiger partial charge is 0.350 e. The van der Waals surface area contributed by atoms with Crippen LogP contribution in [0.25, 0.3) is 0 Å². The number of nitriles is 1. The lowest BCUT2D eigenvalue weighted by Gasteiger charge is -2.26. The van der Waals surface area contributed by atoms with E-state index in [4.69, 9.17) is 0 Å². The summed E-state index contributed by atoms with van der Waals surface area (Å²) in [5.74, 6) is 0.0145. The van der Waals surface area contributed by atoms with Crippen LogP contribution in [0.5, 0.6) is 0 Å². The van der Waals surface area contributed by atoms with E-state index in [1.807, 2.05) is 19.9 Å². The molecule has 0 aromatic carbocycles. The fourth-order valence-electron chi connectivity index (χ4n) is 2.33. The topological polar surface area (TPSA) is 91.3 Å². The van der Waals surface area contributed by atoms with Gasteiger partial charge in [0.15, 0.2) is 5.56 Å². The molecule has 1 amide bonds.